The van der Waals surface area contributed by atoms with Crippen LogP contribution in [0.1, 0.15) is 32.1 Å². The molecule has 1 heterocycles. The molecule has 0 aromatic heterocycles. The van der Waals surface area contributed by atoms with Crippen molar-refractivity contribution >= 4 is 23.1 Å². The molecule has 0 aliphatic carbocycles. The van der Waals surface area contributed by atoms with Gasteiger partial charge in [0, 0.05) is 13.5 Å². The number of hydrogen-bond acceptors (Lipinski definition) is 3. The van der Waals surface area contributed by atoms with Gasteiger partial charge < -0.3 is 11.1 Å². The SMILES string of the molecule is CNC(=O)CCCN1CCCCC1C(N)=S. The highest BCUT2D eigenvalue weighted by molar-refractivity contribution is 7.80. The van der Waals surface area contributed by atoms with Gasteiger partial charge in [0.25, 0.3) is 0 Å². The number of hydrogen-bond donors (Lipinski definition) is 2. The monoisotopic (exact) mass is 243 g/mol. The number of nitrogens with two attached hydrogens (primary N) is 1. The summed E-state index contributed by atoms with van der Waals surface area (Å²) in [5, 5.41) is 2.63. The molecule has 1 atom stereocenters. The first-order valence-electron chi connectivity index (χ1n) is 5.89. The fraction of sp³-hybridized carbons (Fsp3) is 0.818. The highest BCUT2D eigenvalue weighted by Crippen LogP contribution is 2.17. The van der Waals surface area contributed by atoms with Gasteiger partial charge in [0.05, 0.1) is 11.0 Å². The summed E-state index contributed by atoms with van der Waals surface area (Å²) in [7, 11) is 1.67. The Hall–Kier alpha value is -0.680. The molecule has 1 rings (SSSR count). The van der Waals surface area contributed by atoms with Crippen LogP contribution in [-0.2, 0) is 4.79 Å². The summed E-state index contributed by atoms with van der Waals surface area (Å²) in [6.45, 7) is 1.96. The summed E-state index contributed by atoms with van der Waals surface area (Å²) >= 11 is 5.07. The normalized spacial score (nSPS) is 21.7. The van der Waals surface area contributed by atoms with Crippen LogP contribution >= 0.6 is 12.2 Å². The Morgan fingerprint density at radius 1 is 1.56 bits per heavy atom. The van der Waals surface area contributed by atoms with E-state index in [1.165, 1.54) is 12.8 Å². The van der Waals surface area contributed by atoms with E-state index in [0.29, 0.717) is 11.4 Å². The molecule has 5 heteroatoms. The summed E-state index contributed by atoms with van der Waals surface area (Å²) < 4.78 is 0. The third kappa shape index (κ3) is 4.06. The molecule has 4 nitrogen and oxygen atoms in total. The lowest BCUT2D eigenvalue weighted by Gasteiger charge is -2.34. The lowest BCUT2D eigenvalue weighted by Crippen LogP contribution is -2.47. The first-order chi connectivity index (χ1) is 7.65. The van der Waals surface area contributed by atoms with Crippen molar-refractivity contribution in [1.29, 1.82) is 0 Å². The molecule has 0 bridgehead atoms. The van der Waals surface area contributed by atoms with E-state index in [-0.39, 0.29) is 11.9 Å². The van der Waals surface area contributed by atoms with E-state index < -0.39 is 0 Å². The van der Waals surface area contributed by atoms with Gasteiger partial charge in [-0.3, -0.25) is 9.69 Å². The van der Waals surface area contributed by atoms with Crippen LogP contribution in [0.15, 0.2) is 0 Å². The van der Waals surface area contributed by atoms with Gasteiger partial charge in [0.2, 0.25) is 5.91 Å². The van der Waals surface area contributed by atoms with Gasteiger partial charge in [-0.15, -0.1) is 0 Å². The number of thiocarbonyl (C=S) groups is 1. The average Bonchev–Trinajstić information content (AvgIpc) is 2.29. The van der Waals surface area contributed by atoms with E-state index in [4.69, 9.17) is 18.0 Å². The second kappa shape index (κ2) is 6.81. The number of carbonyl (C=O) groups is 1. The van der Waals surface area contributed by atoms with E-state index in [1.54, 1.807) is 7.05 Å². The van der Waals surface area contributed by atoms with Gasteiger partial charge in [-0.1, -0.05) is 18.6 Å². The first kappa shape index (κ1) is 13.4. The molecule has 0 spiro atoms. The van der Waals surface area contributed by atoms with Crippen LogP contribution in [-0.4, -0.2) is 42.0 Å². The molecular weight excluding hydrogens is 222 g/mol. The van der Waals surface area contributed by atoms with Crippen LogP contribution < -0.4 is 11.1 Å². The lowest BCUT2D eigenvalue weighted by atomic mass is 10.0. The summed E-state index contributed by atoms with van der Waals surface area (Å²) in [6, 6.07) is 0.244. The molecule has 1 fully saturated rings. The van der Waals surface area contributed by atoms with E-state index in [1.807, 2.05) is 0 Å². The fourth-order valence-electron chi connectivity index (χ4n) is 2.15. The number of carbonyl (C=O) groups excluding carboxylic acids is 1. The Morgan fingerprint density at radius 3 is 2.94 bits per heavy atom. The molecule has 1 aliphatic heterocycles. The minimum Gasteiger partial charge on any atom is -0.392 e. The summed E-state index contributed by atoms with van der Waals surface area (Å²) in [6.07, 6.45) is 4.93. The zero-order chi connectivity index (χ0) is 12.0. The standard InChI is InChI=1S/C11H21N3OS/c1-13-10(15)6-4-8-14-7-3-2-5-9(14)11(12)16/h9H,2-8H2,1H3,(H2,12,16)(H,13,15). The fourth-order valence-corrected chi connectivity index (χ4v) is 2.42. The Morgan fingerprint density at radius 2 is 2.31 bits per heavy atom. The second-order valence-electron chi connectivity index (χ2n) is 4.23. The predicted molar refractivity (Wildman–Crippen MR) is 69.3 cm³/mol. The Balaban J connectivity index is 2.32. The molecule has 3 N–H and O–H groups in total. The number of nitrogens with zero attached hydrogens (tertiary/aromatic N) is 1. The first-order valence-corrected chi connectivity index (χ1v) is 6.30. The van der Waals surface area contributed by atoms with Crippen molar-refractivity contribution in [3.8, 4) is 0 Å². The largest absolute Gasteiger partial charge is 0.392 e. The molecule has 1 aliphatic rings. The number of likely N-dealkylation sites (tertiary alicyclic amines) is 1. The maximum absolute atomic E-state index is 11.1. The van der Waals surface area contributed by atoms with Crippen LogP contribution in [0.4, 0.5) is 0 Å². The minimum absolute atomic E-state index is 0.101. The molecule has 0 saturated carbocycles. The maximum atomic E-state index is 11.1. The molecule has 1 amide bonds. The maximum Gasteiger partial charge on any atom is 0.219 e. The topological polar surface area (TPSA) is 58.4 Å². The van der Waals surface area contributed by atoms with Crippen LogP contribution in [0, 0.1) is 0 Å². The van der Waals surface area contributed by atoms with Gasteiger partial charge in [-0.05, 0) is 32.4 Å². The van der Waals surface area contributed by atoms with Gasteiger partial charge in [-0.2, -0.15) is 0 Å². The van der Waals surface area contributed by atoms with E-state index in [9.17, 15) is 4.79 Å². The second-order valence-corrected chi connectivity index (χ2v) is 4.70. The molecule has 1 unspecified atom stereocenters. The number of rotatable bonds is 5. The molecular formula is C11H21N3OS. The smallest absolute Gasteiger partial charge is 0.219 e. The van der Waals surface area contributed by atoms with Crippen molar-refractivity contribution < 1.29 is 4.79 Å². The van der Waals surface area contributed by atoms with Crippen molar-refractivity contribution in [3.63, 3.8) is 0 Å². The average molecular weight is 243 g/mol. The zero-order valence-electron chi connectivity index (χ0n) is 9.87. The molecule has 0 aromatic carbocycles. The van der Waals surface area contributed by atoms with Gasteiger partial charge in [0.1, 0.15) is 0 Å². The highest BCUT2D eigenvalue weighted by Gasteiger charge is 2.23. The predicted octanol–water partition coefficient (Wildman–Crippen LogP) is 0.653. The summed E-state index contributed by atoms with van der Waals surface area (Å²) in [4.78, 5) is 14.0. The van der Waals surface area contributed by atoms with Crippen molar-refractivity contribution in [1.82, 2.24) is 10.2 Å². The quantitative estimate of drug-likeness (QED) is 0.696. The Bertz CT molecular complexity index is 258. The van der Waals surface area contributed by atoms with E-state index in [2.05, 4.69) is 10.2 Å². The van der Waals surface area contributed by atoms with Crippen molar-refractivity contribution in [3.05, 3.63) is 0 Å². The Kier molecular flexibility index (Phi) is 5.69. The lowest BCUT2D eigenvalue weighted by molar-refractivity contribution is -0.120. The van der Waals surface area contributed by atoms with Crippen molar-refractivity contribution in [2.24, 2.45) is 5.73 Å². The third-order valence-corrected chi connectivity index (χ3v) is 3.34. The Labute approximate surface area is 103 Å². The minimum atomic E-state index is 0.101. The van der Waals surface area contributed by atoms with Gasteiger partial charge >= 0.3 is 0 Å². The van der Waals surface area contributed by atoms with Crippen LogP contribution in [0.2, 0.25) is 0 Å². The molecule has 1 saturated heterocycles. The molecule has 0 aromatic rings. The van der Waals surface area contributed by atoms with Crippen LogP contribution in [0.25, 0.3) is 0 Å². The highest BCUT2D eigenvalue weighted by atomic mass is 32.1. The zero-order valence-corrected chi connectivity index (χ0v) is 10.7. The third-order valence-electron chi connectivity index (χ3n) is 3.07. The van der Waals surface area contributed by atoms with Gasteiger partial charge in [-0.25, -0.2) is 0 Å². The van der Waals surface area contributed by atoms with E-state index >= 15 is 0 Å². The number of nitrogens with one attached hydrogen (secondary N) is 1. The van der Waals surface area contributed by atoms with E-state index in [0.717, 1.165) is 25.9 Å². The molecule has 16 heavy (non-hydrogen) atoms. The summed E-state index contributed by atoms with van der Waals surface area (Å²) in [5.74, 6) is 0.101. The van der Waals surface area contributed by atoms with Crippen LogP contribution in [0.3, 0.4) is 0 Å². The van der Waals surface area contributed by atoms with Crippen molar-refractivity contribution in [2.75, 3.05) is 20.1 Å². The number of amides is 1. The van der Waals surface area contributed by atoms with Crippen molar-refractivity contribution in [2.45, 2.75) is 38.1 Å². The molecule has 92 valence electrons. The summed E-state index contributed by atoms with van der Waals surface area (Å²) in [5.41, 5.74) is 5.73. The molecule has 0 radical (unpaired) electrons. The van der Waals surface area contributed by atoms with Gasteiger partial charge in [0.15, 0.2) is 0 Å². The van der Waals surface area contributed by atoms with Crippen LogP contribution in [0.5, 0.6) is 0 Å². The number of piperidine rings is 1.